The van der Waals surface area contributed by atoms with Gasteiger partial charge in [0.1, 0.15) is 18.7 Å². The van der Waals surface area contributed by atoms with Gasteiger partial charge in [0.05, 0.1) is 12.3 Å². The molecule has 0 saturated carbocycles. The molecule has 0 fully saturated rings. The van der Waals surface area contributed by atoms with Gasteiger partial charge in [-0.3, -0.25) is 4.79 Å². The monoisotopic (exact) mass is 263 g/mol. The van der Waals surface area contributed by atoms with Crippen molar-refractivity contribution in [3.05, 3.63) is 29.2 Å². The van der Waals surface area contributed by atoms with Gasteiger partial charge >= 0.3 is 5.97 Å². The normalized spacial score (nSPS) is 10.1. The van der Waals surface area contributed by atoms with Gasteiger partial charge in [-0.1, -0.05) is 0 Å². The molecule has 2 rings (SSSR count). The van der Waals surface area contributed by atoms with Gasteiger partial charge in [-0.15, -0.1) is 0 Å². The Morgan fingerprint density at radius 3 is 3.11 bits per heavy atom. The molecule has 94 valence electrons. The first kappa shape index (κ1) is 12.5. The zero-order chi connectivity index (χ0) is 12.8. The van der Waals surface area contributed by atoms with Crippen molar-refractivity contribution in [1.29, 1.82) is 0 Å². The Hall–Kier alpha value is -1.95. The molecule has 0 unspecified atom stereocenters. The van der Waals surface area contributed by atoms with Crippen molar-refractivity contribution >= 4 is 23.1 Å². The molecule has 0 aromatic carbocycles. The number of ether oxygens (including phenoxy) is 1. The van der Waals surface area contributed by atoms with Crippen molar-refractivity contribution in [3.63, 3.8) is 0 Å². The first-order chi connectivity index (χ1) is 8.79. The van der Waals surface area contributed by atoms with E-state index in [4.69, 9.17) is 4.74 Å². The Morgan fingerprint density at radius 1 is 1.50 bits per heavy atom. The van der Waals surface area contributed by atoms with Crippen molar-refractivity contribution in [2.75, 3.05) is 18.5 Å². The standard InChI is InChI=1S/C12H13N3O2S/c1-2-17-12(16)6-13-11-5-10(14-8-15-11)9-3-4-18-7-9/h3-5,7-8H,2,6H2,1H3,(H,13,14,15). The van der Waals surface area contributed by atoms with Crippen LogP contribution in [0.25, 0.3) is 11.3 Å². The van der Waals surface area contributed by atoms with E-state index in [2.05, 4.69) is 15.3 Å². The van der Waals surface area contributed by atoms with Crippen LogP contribution in [0.5, 0.6) is 0 Å². The Labute approximate surface area is 109 Å². The molecule has 2 aromatic rings. The lowest BCUT2D eigenvalue weighted by molar-refractivity contribution is -0.140. The largest absolute Gasteiger partial charge is 0.465 e. The molecule has 18 heavy (non-hydrogen) atoms. The van der Waals surface area contributed by atoms with E-state index in [1.165, 1.54) is 6.33 Å². The SMILES string of the molecule is CCOC(=O)CNc1cc(-c2ccsc2)ncn1. The third kappa shape index (κ3) is 3.27. The summed E-state index contributed by atoms with van der Waals surface area (Å²) in [6.07, 6.45) is 1.47. The summed E-state index contributed by atoms with van der Waals surface area (Å²) in [5.41, 5.74) is 1.87. The van der Waals surface area contributed by atoms with Crippen molar-refractivity contribution < 1.29 is 9.53 Å². The summed E-state index contributed by atoms with van der Waals surface area (Å²) in [5.74, 6) is 0.312. The molecule has 1 N–H and O–H groups in total. The zero-order valence-electron chi connectivity index (χ0n) is 9.92. The summed E-state index contributed by atoms with van der Waals surface area (Å²) in [5, 5.41) is 6.91. The molecule has 0 spiro atoms. The molecule has 0 radical (unpaired) electrons. The number of anilines is 1. The van der Waals surface area contributed by atoms with Gasteiger partial charge in [-0.2, -0.15) is 11.3 Å². The number of hydrogen-bond acceptors (Lipinski definition) is 6. The Balaban J connectivity index is 2.02. The Kier molecular flexibility index (Phi) is 4.25. The number of carbonyl (C=O) groups is 1. The highest BCUT2D eigenvalue weighted by Gasteiger charge is 2.04. The molecule has 6 heteroatoms. The van der Waals surface area contributed by atoms with Crippen LogP contribution in [0, 0.1) is 0 Å². The third-order valence-electron chi connectivity index (χ3n) is 2.20. The number of aromatic nitrogens is 2. The number of hydrogen-bond donors (Lipinski definition) is 1. The number of thiophene rings is 1. The van der Waals surface area contributed by atoms with E-state index in [1.54, 1.807) is 24.3 Å². The van der Waals surface area contributed by atoms with E-state index in [0.717, 1.165) is 11.3 Å². The van der Waals surface area contributed by atoms with Crippen LogP contribution in [0.15, 0.2) is 29.2 Å². The van der Waals surface area contributed by atoms with Gasteiger partial charge in [0, 0.05) is 17.0 Å². The molecule has 2 aromatic heterocycles. The van der Waals surface area contributed by atoms with Crippen molar-refractivity contribution in [2.24, 2.45) is 0 Å². The number of nitrogens with zero attached hydrogens (tertiary/aromatic N) is 2. The first-order valence-electron chi connectivity index (χ1n) is 5.53. The maximum Gasteiger partial charge on any atom is 0.325 e. The Morgan fingerprint density at radius 2 is 2.39 bits per heavy atom. The molecule has 0 bridgehead atoms. The minimum absolute atomic E-state index is 0.105. The van der Waals surface area contributed by atoms with Gasteiger partial charge in [0.25, 0.3) is 0 Å². The zero-order valence-corrected chi connectivity index (χ0v) is 10.7. The first-order valence-corrected chi connectivity index (χ1v) is 6.48. The minimum Gasteiger partial charge on any atom is -0.465 e. The molecule has 0 aliphatic carbocycles. The lowest BCUT2D eigenvalue weighted by Crippen LogP contribution is -2.17. The molecule has 0 atom stereocenters. The van der Waals surface area contributed by atoms with Crippen LogP contribution >= 0.6 is 11.3 Å². The van der Waals surface area contributed by atoms with Crippen LogP contribution in [0.2, 0.25) is 0 Å². The molecule has 0 aliphatic rings. The highest BCUT2D eigenvalue weighted by Crippen LogP contribution is 2.20. The fourth-order valence-electron chi connectivity index (χ4n) is 1.40. The lowest BCUT2D eigenvalue weighted by Gasteiger charge is -2.05. The van der Waals surface area contributed by atoms with Gasteiger partial charge < -0.3 is 10.1 Å². The molecule has 0 aliphatic heterocycles. The summed E-state index contributed by atoms with van der Waals surface area (Å²) in [6.45, 7) is 2.26. The molecular formula is C12H13N3O2S. The summed E-state index contributed by atoms with van der Waals surface area (Å²) < 4.78 is 4.82. The second kappa shape index (κ2) is 6.11. The van der Waals surface area contributed by atoms with E-state index in [-0.39, 0.29) is 12.5 Å². The second-order valence-corrected chi connectivity index (χ2v) is 4.24. The average Bonchev–Trinajstić information content (AvgIpc) is 2.91. The molecule has 0 amide bonds. The van der Waals surface area contributed by atoms with E-state index >= 15 is 0 Å². The van der Waals surface area contributed by atoms with E-state index in [9.17, 15) is 4.79 Å². The summed E-state index contributed by atoms with van der Waals surface area (Å²) in [4.78, 5) is 19.4. The van der Waals surface area contributed by atoms with Crippen molar-refractivity contribution in [1.82, 2.24) is 9.97 Å². The molecule has 0 saturated heterocycles. The predicted molar refractivity (Wildman–Crippen MR) is 70.5 cm³/mol. The number of rotatable bonds is 5. The van der Waals surface area contributed by atoms with Crippen molar-refractivity contribution in [3.8, 4) is 11.3 Å². The van der Waals surface area contributed by atoms with E-state index < -0.39 is 0 Å². The topological polar surface area (TPSA) is 64.1 Å². The summed E-state index contributed by atoms with van der Waals surface area (Å²) >= 11 is 1.61. The van der Waals surface area contributed by atoms with Gasteiger partial charge in [0.15, 0.2) is 0 Å². The highest BCUT2D eigenvalue weighted by molar-refractivity contribution is 7.08. The van der Waals surface area contributed by atoms with Crippen LogP contribution in [0.1, 0.15) is 6.92 Å². The van der Waals surface area contributed by atoms with Crippen LogP contribution in [0.3, 0.4) is 0 Å². The highest BCUT2D eigenvalue weighted by atomic mass is 32.1. The van der Waals surface area contributed by atoms with Crippen molar-refractivity contribution in [2.45, 2.75) is 6.92 Å². The molecular weight excluding hydrogens is 250 g/mol. The minimum atomic E-state index is -0.298. The summed E-state index contributed by atoms with van der Waals surface area (Å²) in [6, 6.07) is 3.80. The lowest BCUT2D eigenvalue weighted by atomic mass is 10.2. The van der Waals surface area contributed by atoms with Gasteiger partial charge in [-0.05, 0) is 18.4 Å². The fraction of sp³-hybridized carbons (Fsp3) is 0.250. The second-order valence-electron chi connectivity index (χ2n) is 3.46. The van der Waals surface area contributed by atoms with Crippen LogP contribution < -0.4 is 5.32 Å². The molecule has 2 heterocycles. The summed E-state index contributed by atoms with van der Waals surface area (Å²) in [7, 11) is 0. The number of nitrogens with one attached hydrogen (secondary N) is 1. The number of carbonyl (C=O) groups excluding carboxylic acids is 1. The van der Waals surface area contributed by atoms with Crippen LogP contribution in [-0.4, -0.2) is 29.1 Å². The predicted octanol–water partition coefficient (Wildman–Crippen LogP) is 2.18. The maximum atomic E-state index is 11.2. The van der Waals surface area contributed by atoms with Crippen LogP contribution in [-0.2, 0) is 9.53 Å². The molecule has 5 nitrogen and oxygen atoms in total. The van der Waals surface area contributed by atoms with Crippen LogP contribution in [0.4, 0.5) is 5.82 Å². The average molecular weight is 263 g/mol. The van der Waals surface area contributed by atoms with Gasteiger partial charge in [0.2, 0.25) is 0 Å². The quantitative estimate of drug-likeness (QED) is 0.838. The third-order valence-corrected chi connectivity index (χ3v) is 2.89. The van der Waals surface area contributed by atoms with E-state index in [1.807, 2.05) is 16.8 Å². The fourth-order valence-corrected chi connectivity index (χ4v) is 2.05. The maximum absolute atomic E-state index is 11.2. The Bertz CT molecular complexity index is 514. The smallest absolute Gasteiger partial charge is 0.325 e. The number of esters is 1. The van der Waals surface area contributed by atoms with E-state index in [0.29, 0.717) is 12.4 Å². The van der Waals surface area contributed by atoms with Gasteiger partial charge in [-0.25, -0.2) is 9.97 Å².